The minimum Gasteiger partial charge on any atom is -0.497 e. The lowest BCUT2D eigenvalue weighted by Crippen LogP contribution is -2.25. The van der Waals surface area contributed by atoms with Crippen LogP contribution in [0.5, 0.6) is 5.75 Å². The molecular formula is C25H22N4O4S. The Morgan fingerprint density at radius 3 is 2.44 bits per heavy atom. The molecule has 0 spiro atoms. The zero-order valence-corrected chi connectivity index (χ0v) is 19.2. The molecule has 0 bridgehead atoms. The molecule has 0 atom stereocenters. The summed E-state index contributed by atoms with van der Waals surface area (Å²) in [6.07, 6.45) is 0. The Bertz CT molecular complexity index is 1260. The number of aromatic nitrogens is 2. The third-order valence-electron chi connectivity index (χ3n) is 4.81. The maximum absolute atomic E-state index is 12.7. The van der Waals surface area contributed by atoms with Crippen LogP contribution in [0.15, 0.2) is 88.5 Å². The zero-order valence-electron chi connectivity index (χ0n) is 18.4. The molecule has 2 N–H and O–H groups in total. The molecule has 0 aliphatic carbocycles. The van der Waals surface area contributed by atoms with Crippen LogP contribution in [-0.2, 0) is 11.3 Å². The van der Waals surface area contributed by atoms with E-state index in [1.807, 2.05) is 42.5 Å². The van der Waals surface area contributed by atoms with Crippen LogP contribution in [0.25, 0.3) is 11.5 Å². The Morgan fingerprint density at radius 1 is 0.941 bits per heavy atom. The molecule has 3 aromatic carbocycles. The maximum Gasteiger partial charge on any atom is 0.277 e. The molecule has 0 aliphatic rings. The molecule has 4 rings (SSSR count). The smallest absolute Gasteiger partial charge is 0.277 e. The normalized spacial score (nSPS) is 10.5. The van der Waals surface area contributed by atoms with Crippen LogP contribution in [0.1, 0.15) is 15.9 Å². The van der Waals surface area contributed by atoms with Crippen molar-refractivity contribution < 1.29 is 18.7 Å². The minimum atomic E-state index is -0.294. The van der Waals surface area contributed by atoms with Crippen molar-refractivity contribution in [3.05, 3.63) is 90.0 Å². The number of amides is 2. The molecule has 2 amide bonds. The highest BCUT2D eigenvalue weighted by Crippen LogP contribution is 2.25. The van der Waals surface area contributed by atoms with Crippen LogP contribution in [0.4, 0.5) is 5.69 Å². The number of thioether (sulfide) groups is 1. The van der Waals surface area contributed by atoms with Gasteiger partial charge in [-0.25, -0.2) is 0 Å². The van der Waals surface area contributed by atoms with Gasteiger partial charge in [0, 0.05) is 12.1 Å². The Labute approximate surface area is 200 Å². The Morgan fingerprint density at radius 2 is 1.68 bits per heavy atom. The summed E-state index contributed by atoms with van der Waals surface area (Å²) in [7, 11) is 1.59. The van der Waals surface area contributed by atoms with Crippen LogP contribution in [0, 0.1) is 0 Å². The van der Waals surface area contributed by atoms with E-state index in [1.165, 1.54) is 0 Å². The second-order valence-electron chi connectivity index (χ2n) is 7.15. The number of nitrogens with zero attached hydrogens (tertiary/aromatic N) is 2. The van der Waals surface area contributed by atoms with Crippen molar-refractivity contribution in [2.24, 2.45) is 0 Å². The number of hydrogen-bond donors (Lipinski definition) is 2. The highest BCUT2D eigenvalue weighted by Gasteiger charge is 2.15. The quantitative estimate of drug-likeness (QED) is 0.346. The largest absolute Gasteiger partial charge is 0.497 e. The van der Waals surface area contributed by atoms with Gasteiger partial charge in [0.2, 0.25) is 11.8 Å². The van der Waals surface area contributed by atoms with Gasteiger partial charge in [0.25, 0.3) is 11.1 Å². The van der Waals surface area contributed by atoms with Crippen LogP contribution < -0.4 is 15.4 Å². The van der Waals surface area contributed by atoms with Crippen molar-refractivity contribution in [2.45, 2.75) is 11.8 Å². The van der Waals surface area contributed by atoms with Crippen LogP contribution in [0.3, 0.4) is 0 Å². The van der Waals surface area contributed by atoms with Crippen LogP contribution in [0.2, 0.25) is 0 Å². The van der Waals surface area contributed by atoms with Gasteiger partial charge in [-0.15, -0.1) is 10.2 Å². The number of carbonyl (C=O) groups excluding carboxylic acids is 2. The molecular weight excluding hydrogens is 452 g/mol. The van der Waals surface area contributed by atoms with E-state index in [1.54, 1.807) is 43.5 Å². The fraction of sp³-hybridized carbons (Fsp3) is 0.120. The summed E-state index contributed by atoms with van der Waals surface area (Å²) in [5, 5.41) is 13.9. The van der Waals surface area contributed by atoms with E-state index < -0.39 is 0 Å². The first kappa shape index (κ1) is 23.1. The number of anilines is 1. The summed E-state index contributed by atoms with van der Waals surface area (Å²) < 4.78 is 10.8. The van der Waals surface area contributed by atoms with Gasteiger partial charge in [-0.2, -0.15) is 0 Å². The molecule has 1 aromatic heterocycles. The molecule has 0 saturated carbocycles. The summed E-state index contributed by atoms with van der Waals surface area (Å²) in [4.78, 5) is 25.2. The van der Waals surface area contributed by atoms with Gasteiger partial charge < -0.3 is 19.8 Å². The van der Waals surface area contributed by atoms with Gasteiger partial charge in [0.1, 0.15) is 5.75 Å². The number of methoxy groups -OCH3 is 1. The van der Waals surface area contributed by atoms with Gasteiger partial charge >= 0.3 is 0 Å². The third-order valence-corrected chi connectivity index (χ3v) is 5.63. The molecule has 9 heteroatoms. The fourth-order valence-electron chi connectivity index (χ4n) is 3.10. The van der Waals surface area contributed by atoms with Crippen LogP contribution in [-0.4, -0.2) is 34.9 Å². The van der Waals surface area contributed by atoms with E-state index in [4.69, 9.17) is 9.15 Å². The fourth-order valence-corrected chi connectivity index (χ4v) is 3.66. The lowest BCUT2D eigenvalue weighted by atomic mass is 10.1. The van der Waals surface area contributed by atoms with Gasteiger partial charge in [-0.05, 0) is 42.0 Å². The molecule has 1 heterocycles. The van der Waals surface area contributed by atoms with Crippen LogP contribution >= 0.6 is 11.8 Å². The summed E-state index contributed by atoms with van der Waals surface area (Å²) in [5.41, 5.74) is 2.56. The summed E-state index contributed by atoms with van der Waals surface area (Å²) in [5.74, 6) is 0.560. The molecule has 4 aromatic rings. The standard InChI is InChI=1S/C25H22N4O4S/c1-32-19-13-11-18(12-14-19)24-28-29-25(33-24)34-16-22(30)27-21-10-6-5-9-20(21)23(31)26-15-17-7-3-2-4-8-17/h2-14H,15-16H2,1H3,(H,26,31)(H,27,30). The zero-order chi connectivity index (χ0) is 23.8. The topological polar surface area (TPSA) is 106 Å². The minimum absolute atomic E-state index is 0.0458. The summed E-state index contributed by atoms with van der Waals surface area (Å²) in [6.45, 7) is 0.394. The van der Waals surface area contributed by atoms with E-state index in [9.17, 15) is 9.59 Å². The van der Waals surface area contributed by atoms with Crippen molar-refractivity contribution in [1.29, 1.82) is 0 Å². The molecule has 0 saturated heterocycles. The maximum atomic E-state index is 12.7. The highest BCUT2D eigenvalue weighted by atomic mass is 32.2. The molecule has 0 aliphatic heterocycles. The Kier molecular flexibility index (Phi) is 7.56. The van der Waals surface area contributed by atoms with Crippen molar-refractivity contribution in [3.8, 4) is 17.2 Å². The number of rotatable bonds is 9. The summed E-state index contributed by atoms with van der Waals surface area (Å²) in [6, 6.07) is 23.7. The Balaban J connectivity index is 1.33. The number of nitrogens with one attached hydrogen (secondary N) is 2. The number of benzene rings is 3. The van der Waals surface area contributed by atoms with E-state index >= 15 is 0 Å². The first-order valence-corrected chi connectivity index (χ1v) is 11.4. The highest BCUT2D eigenvalue weighted by molar-refractivity contribution is 7.99. The predicted octanol–water partition coefficient (Wildman–Crippen LogP) is 4.41. The molecule has 8 nitrogen and oxygen atoms in total. The van der Waals surface area contributed by atoms with Crippen molar-refractivity contribution in [1.82, 2.24) is 15.5 Å². The average molecular weight is 475 g/mol. The average Bonchev–Trinajstić information content (AvgIpc) is 3.36. The first-order valence-electron chi connectivity index (χ1n) is 10.4. The van der Waals surface area contributed by atoms with Gasteiger partial charge in [-0.3, -0.25) is 9.59 Å². The van der Waals surface area contributed by atoms with Crippen molar-refractivity contribution >= 4 is 29.3 Å². The second-order valence-corrected chi connectivity index (χ2v) is 8.08. The van der Waals surface area contributed by atoms with Crippen molar-refractivity contribution in [2.75, 3.05) is 18.2 Å². The summed E-state index contributed by atoms with van der Waals surface area (Å²) >= 11 is 1.12. The molecule has 34 heavy (non-hydrogen) atoms. The monoisotopic (exact) mass is 474 g/mol. The number of hydrogen-bond acceptors (Lipinski definition) is 7. The van der Waals surface area contributed by atoms with Gasteiger partial charge in [-0.1, -0.05) is 54.2 Å². The van der Waals surface area contributed by atoms with E-state index in [-0.39, 0.29) is 22.8 Å². The number of para-hydroxylation sites is 1. The SMILES string of the molecule is COc1ccc(-c2nnc(SCC(=O)Nc3ccccc3C(=O)NCc3ccccc3)o2)cc1. The van der Waals surface area contributed by atoms with Gasteiger partial charge in [0.15, 0.2) is 0 Å². The molecule has 0 fully saturated rings. The molecule has 172 valence electrons. The number of carbonyl (C=O) groups is 2. The lowest BCUT2D eigenvalue weighted by molar-refractivity contribution is -0.113. The Hall–Kier alpha value is -4.11. The third kappa shape index (κ3) is 6.02. The van der Waals surface area contributed by atoms with E-state index in [0.717, 1.165) is 28.6 Å². The van der Waals surface area contributed by atoms with Gasteiger partial charge in [0.05, 0.1) is 24.1 Å². The lowest BCUT2D eigenvalue weighted by Gasteiger charge is -2.11. The first-order chi connectivity index (χ1) is 16.6. The molecule has 0 radical (unpaired) electrons. The van der Waals surface area contributed by atoms with Crippen molar-refractivity contribution in [3.63, 3.8) is 0 Å². The van der Waals surface area contributed by atoms with E-state index in [2.05, 4.69) is 20.8 Å². The molecule has 0 unspecified atom stereocenters. The predicted molar refractivity (Wildman–Crippen MR) is 130 cm³/mol. The van der Waals surface area contributed by atoms with E-state index in [0.29, 0.717) is 23.7 Å². The number of ether oxygens (including phenoxy) is 1. The second kappa shape index (κ2) is 11.2.